The summed E-state index contributed by atoms with van der Waals surface area (Å²) < 4.78 is 0. The Morgan fingerprint density at radius 2 is 1.63 bits per heavy atom. The van der Waals surface area contributed by atoms with E-state index in [-0.39, 0.29) is 22.9 Å². The zero-order chi connectivity index (χ0) is 21.7. The summed E-state index contributed by atoms with van der Waals surface area (Å²) in [7, 11) is 0. The highest BCUT2D eigenvalue weighted by Gasteiger charge is 2.18. The van der Waals surface area contributed by atoms with Crippen LogP contribution in [0, 0.1) is 6.92 Å². The van der Waals surface area contributed by atoms with E-state index in [1.165, 1.54) is 11.3 Å². The van der Waals surface area contributed by atoms with Crippen LogP contribution in [0.2, 0.25) is 0 Å². The number of nitrogens with one attached hydrogen (secondary N) is 2. The summed E-state index contributed by atoms with van der Waals surface area (Å²) in [6.45, 7) is 8.30. The summed E-state index contributed by atoms with van der Waals surface area (Å²) in [4.78, 5) is 26.7. The molecule has 0 aliphatic carbocycles. The van der Waals surface area contributed by atoms with Crippen LogP contribution in [0.4, 0.5) is 5.69 Å². The lowest BCUT2D eigenvalue weighted by Gasteiger charge is -2.19. The molecule has 2 aromatic carbocycles. The van der Waals surface area contributed by atoms with Crippen LogP contribution in [0.3, 0.4) is 0 Å². The second-order valence-corrected chi connectivity index (χ2v) is 9.10. The average Bonchev–Trinajstić information content (AvgIpc) is 3.22. The summed E-state index contributed by atoms with van der Waals surface area (Å²) in [5, 5.41) is 7.60. The first kappa shape index (κ1) is 21.5. The molecule has 2 amide bonds. The lowest BCUT2D eigenvalue weighted by atomic mass is 9.87. The third-order valence-electron chi connectivity index (χ3n) is 4.73. The van der Waals surface area contributed by atoms with E-state index in [0.717, 1.165) is 16.0 Å². The lowest BCUT2D eigenvalue weighted by molar-refractivity contribution is -0.113. The third-order valence-corrected chi connectivity index (χ3v) is 5.55. The van der Waals surface area contributed by atoms with Crippen LogP contribution in [-0.4, -0.2) is 11.8 Å². The van der Waals surface area contributed by atoms with Gasteiger partial charge >= 0.3 is 0 Å². The first-order chi connectivity index (χ1) is 14.2. The van der Waals surface area contributed by atoms with Crippen molar-refractivity contribution in [3.8, 4) is 0 Å². The van der Waals surface area contributed by atoms with E-state index in [1.54, 1.807) is 18.2 Å². The first-order valence-corrected chi connectivity index (χ1v) is 10.7. The molecule has 0 bridgehead atoms. The molecule has 0 unspecified atom stereocenters. The summed E-state index contributed by atoms with van der Waals surface area (Å²) >= 11 is 1.50. The maximum absolute atomic E-state index is 13.0. The zero-order valence-corrected chi connectivity index (χ0v) is 18.5. The molecule has 0 saturated heterocycles. The summed E-state index contributed by atoms with van der Waals surface area (Å²) in [6, 6.07) is 18.8. The predicted molar refractivity (Wildman–Crippen MR) is 125 cm³/mol. The minimum atomic E-state index is -0.364. The molecule has 0 atom stereocenters. The smallest absolute Gasteiger partial charge is 0.272 e. The largest absolute Gasteiger partial charge is 0.320 e. The monoisotopic (exact) mass is 418 g/mol. The van der Waals surface area contributed by atoms with E-state index in [1.807, 2.05) is 60.8 Å². The minimum Gasteiger partial charge on any atom is -0.320 e. The topological polar surface area (TPSA) is 58.2 Å². The molecule has 3 rings (SSSR count). The molecule has 154 valence electrons. The third kappa shape index (κ3) is 5.45. The number of rotatable bonds is 5. The Kier molecular flexibility index (Phi) is 6.53. The van der Waals surface area contributed by atoms with Crippen LogP contribution in [0.25, 0.3) is 6.08 Å². The van der Waals surface area contributed by atoms with Gasteiger partial charge in [0.05, 0.1) is 0 Å². The standard InChI is InChI=1S/C25H26N2O2S/c1-17-8-5-6-10-21(17)26-24(29)22(16-20-9-7-15-30-20)27-23(28)18-11-13-19(14-12-18)25(2,3)4/h5-16H,1-4H3,(H,26,29)(H,27,28)/b22-16+. The molecule has 30 heavy (non-hydrogen) atoms. The maximum atomic E-state index is 13.0. The number of anilines is 1. The Balaban J connectivity index is 1.83. The number of carbonyl (C=O) groups excluding carboxylic acids is 2. The fraction of sp³-hybridized carbons (Fsp3) is 0.200. The van der Waals surface area contributed by atoms with Gasteiger partial charge in [-0.1, -0.05) is 57.2 Å². The van der Waals surface area contributed by atoms with Crippen LogP contribution in [0.5, 0.6) is 0 Å². The normalized spacial score (nSPS) is 11.8. The van der Waals surface area contributed by atoms with Crippen molar-refractivity contribution in [2.24, 2.45) is 0 Å². The highest BCUT2D eigenvalue weighted by atomic mass is 32.1. The second-order valence-electron chi connectivity index (χ2n) is 8.12. The quantitative estimate of drug-likeness (QED) is 0.517. The molecular formula is C25H26N2O2S. The van der Waals surface area contributed by atoms with Gasteiger partial charge in [0.15, 0.2) is 0 Å². The number of benzene rings is 2. The van der Waals surface area contributed by atoms with Gasteiger partial charge in [0.1, 0.15) is 5.70 Å². The molecule has 2 N–H and O–H groups in total. The van der Waals surface area contributed by atoms with E-state index in [0.29, 0.717) is 11.3 Å². The Bertz CT molecular complexity index is 1060. The van der Waals surface area contributed by atoms with Gasteiger partial charge < -0.3 is 10.6 Å². The van der Waals surface area contributed by atoms with Gasteiger partial charge in [-0.25, -0.2) is 0 Å². The maximum Gasteiger partial charge on any atom is 0.272 e. The predicted octanol–water partition coefficient (Wildman–Crippen LogP) is 5.76. The molecule has 1 heterocycles. The van der Waals surface area contributed by atoms with Crippen molar-refractivity contribution < 1.29 is 9.59 Å². The van der Waals surface area contributed by atoms with Crippen LogP contribution in [0.15, 0.2) is 71.7 Å². The van der Waals surface area contributed by atoms with Crippen LogP contribution < -0.4 is 10.6 Å². The van der Waals surface area contributed by atoms with Gasteiger partial charge in [0.2, 0.25) is 0 Å². The molecule has 0 aliphatic rings. The molecule has 0 spiro atoms. The minimum absolute atomic E-state index is 0.00662. The lowest BCUT2D eigenvalue weighted by Crippen LogP contribution is -2.31. The van der Waals surface area contributed by atoms with Crippen molar-refractivity contribution in [2.75, 3.05) is 5.32 Å². The Labute approximate surface area is 181 Å². The SMILES string of the molecule is Cc1ccccc1NC(=O)/C(=C\c1cccs1)NC(=O)c1ccc(C(C)(C)C)cc1. The Morgan fingerprint density at radius 3 is 2.23 bits per heavy atom. The summed E-state index contributed by atoms with van der Waals surface area (Å²) in [5.41, 5.74) is 3.51. The van der Waals surface area contributed by atoms with Crippen molar-refractivity contribution in [1.29, 1.82) is 0 Å². The Morgan fingerprint density at radius 1 is 0.933 bits per heavy atom. The van der Waals surface area contributed by atoms with E-state index < -0.39 is 0 Å². The van der Waals surface area contributed by atoms with Crippen molar-refractivity contribution in [3.63, 3.8) is 0 Å². The second kappa shape index (κ2) is 9.09. The van der Waals surface area contributed by atoms with Gasteiger partial charge in [-0.15, -0.1) is 11.3 Å². The van der Waals surface area contributed by atoms with E-state index in [2.05, 4.69) is 31.4 Å². The molecule has 5 heteroatoms. The number of amides is 2. The number of thiophene rings is 1. The first-order valence-electron chi connectivity index (χ1n) is 9.78. The summed E-state index contributed by atoms with van der Waals surface area (Å²) in [6.07, 6.45) is 1.69. The fourth-order valence-corrected chi connectivity index (χ4v) is 3.55. The molecule has 1 aromatic heterocycles. The number of hydrogen-bond acceptors (Lipinski definition) is 3. The molecule has 3 aromatic rings. The average molecular weight is 419 g/mol. The highest BCUT2D eigenvalue weighted by Crippen LogP contribution is 2.22. The molecular weight excluding hydrogens is 392 g/mol. The number of para-hydroxylation sites is 1. The molecule has 0 saturated carbocycles. The summed E-state index contributed by atoms with van der Waals surface area (Å²) in [5.74, 6) is -0.685. The molecule has 4 nitrogen and oxygen atoms in total. The van der Waals surface area contributed by atoms with Gasteiger partial charge in [0, 0.05) is 16.1 Å². The van der Waals surface area contributed by atoms with Crippen molar-refractivity contribution in [3.05, 3.63) is 93.3 Å². The van der Waals surface area contributed by atoms with E-state index in [9.17, 15) is 9.59 Å². The van der Waals surface area contributed by atoms with Crippen LogP contribution in [0.1, 0.15) is 47.1 Å². The number of carbonyl (C=O) groups is 2. The van der Waals surface area contributed by atoms with Crippen molar-refractivity contribution in [1.82, 2.24) is 5.32 Å². The van der Waals surface area contributed by atoms with Gasteiger partial charge in [-0.2, -0.15) is 0 Å². The molecule has 0 fully saturated rings. The van der Waals surface area contributed by atoms with Gasteiger partial charge in [0.25, 0.3) is 11.8 Å². The van der Waals surface area contributed by atoms with Crippen molar-refractivity contribution in [2.45, 2.75) is 33.1 Å². The Hall–Kier alpha value is -3.18. The van der Waals surface area contributed by atoms with Gasteiger partial charge in [-0.05, 0) is 59.2 Å². The van der Waals surface area contributed by atoms with Gasteiger partial charge in [-0.3, -0.25) is 9.59 Å². The molecule has 0 aliphatic heterocycles. The zero-order valence-electron chi connectivity index (χ0n) is 17.7. The van der Waals surface area contributed by atoms with Crippen LogP contribution >= 0.6 is 11.3 Å². The van der Waals surface area contributed by atoms with E-state index in [4.69, 9.17) is 0 Å². The van der Waals surface area contributed by atoms with Crippen molar-refractivity contribution >= 4 is 34.9 Å². The highest BCUT2D eigenvalue weighted by molar-refractivity contribution is 7.10. The van der Waals surface area contributed by atoms with E-state index >= 15 is 0 Å². The fourth-order valence-electron chi connectivity index (χ4n) is 2.89. The number of hydrogen-bond donors (Lipinski definition) is 2. The number of aryl methyl sites for hydroxylation is 1. The molecule has 0 radical (unpaired) electrons. The van der Waals surface area contributed by atoms with Crippen LogP contribution in [-0.2, 0) is 10.2 Å².